The van der Waals surface area contributed by atoms with Crippen molar-refractivity contribution in [1.29, 1.82) is 0 Å². The van der Waals surface area contributed by atoms with E-state index < -0.39 is 0 Å². The number of carbonyl (C=O) groups excluding carboxylic acids is 1. The fourth-order valence-corrected chi connectivity index (χ4v) is 4.37. The van der Waals surface area contributed by atoms with E-state index in [2.05, 4.69) is 13.8 Å². The Morgan fingerprint density at radius 1 is 1.00 bits per heavy atom. The number of hydrogen-bond acceptors (Lipinski definition) is 3. The van der Waals surface area contributed by atoms with Gasteiger partial charge in [0.1, 0.15) is 0 Å². The Morgan fingerprint density at radius 3 is 2.29 bits per heavy atom. The summed E-state index contributed by atoms with van der Waals surface area (Å²) in [5.74, 6) is 3.17. The lowest BCUT2D eigenvalue weighted by molar-refractivity contribution is 0.0935. The van der Waals surface area contributed by atoms with Gasteiger partial charge in [-0.05, 0) is 43.1 Å². The van der Waals surface area contributed by atoms with E-state index in [1.807, 2.05) is 6.92 Å². The fraction of sp³-hybridized carbons (Fsp3) is 0.611. The molecule has 0 bridgehead atoms. The average molecular weight is 288 g/mol. The fourth-order valence-electron chi connectivity index (χ4n) is 4.37. The van der Waals surface area contributed by atoms with E-state index in [1.165, 1.54) is 17.5 Å². The molecular weight excluding hydrogens is 264 g/mol. The number of rotatable bonds is 2. The standard InChI is InChI=1S/C18H24O3/c1-9-6-7-12-10(2)8-13(19)15-11(3)17(20-4)18(21-5)14(9)16(12)15/h9-10,12H,6-8H2,1-5H3/t9-,10-,12+/m0/s1. The van der Waals surface area contributed by atoms with E-state index in [0.717, 1.165) is 29.0 Å². The van der Waals surface area contributed by atoms with Crippen LogP contribution in [0.15, 0.2) is 0 Å². The number of hydrogen-bond donors (Lipinski definition) is 0. The van der Waals surface area contributed by atoms with Crippen LogP contribution in [0.1, 0.15) is 72.0 Å². The van der Waals surface area contributed by atoms with Crippen molar-refractivity contribution in [2.75, 3.05) is 14.2 Å². The summed E-state index contributed by atoms with van der Waals surface area (Å²) in [7, 11) is 3.36. The van der Waals surface area contributed by atoms with Crippen LogP contribution < -0.4 is 9.47 Å². The minimum atomic E-state index is 0.266. The summed E-state index contributed by atoms with van der Waals surface area (Å²) in [5, 5.41) is 0. The van der Waals surface area contributed by atoms with Gasteiger partial charge in [0.2, 0.25) is 0 Å². The molecule has 2 aliphatic carbocycles. The van der Waals surface area contributed by atoms with E-state index in [4.69, 9.17) is 9.47 Å². The Hall–Kier alpha value is -1.51. The van der Waals surface area contributed by atoms with Crippen LogP contribution in [0.3, 0.4) is 0 Å². The van der Waals surface area contributed by atoms with Crippen LogP contribution in [0.2, 0.25) is 0 Å². The van der Waals surface area contributed by atoms with Gasteiger partial charge in [0.25, 0.3) is 0 Å². The van der Waals surface area contributed by atoms with Crippen molar-refractivity contribution in [2.45, 2.75) is 51.9 Å². The highest BCUT2D eigenvalue weighted by molar-refractivity contribution is 6.02. The van der Waals surface area contributed by atoms with Gasteiger partial charge >= 0.3 is 0 Å². The maximum atomic E-state index is 12.6. The molecule has 0 fully saturated rings. The number of Topliss-reactive ketones (excluding diaryl/α,β-unsaturated/α-hetero) is 1. The van der Waals surface area contributed by atoms with E-state index in [9.17, 15) is 4.79 Å². The predicted molar refractivity (Wildman–Crippen MR) is 82.8 cm³/mol. The summed E-state index contributed by atoms with van der Waals surface area (Å²) < 4.78 is 11.3. The van der Waals surface area contributed by atoms with Gasteiger partial charge in [-0.2, -0.15) is 0 Å². The quantitative estimate of drug-likeness (QED) is 0.817. The van der Waals surface area contributed by atoms with Crippen molar-refractivity contribution in [3.05, 3.63) is 22.3 Å². The summed E-state index contributed by atoms with van der Waals surface area (Å²) >= 11 is 0. The normalized spacial score (nSPS) is 27.3. The molecule has 3 atom stereocenters. The second-order valence-electron chi connectivity index (χ2n) is 6.58. The van der Waals surface area contributed by atoms with Gasteiger partial charge in [0.15, 0.2) is 17.3 Å². The van der Waals surface area contributed by atoms with Gasteiger partial charge in [-0.25, -0.2) is 0 Å². The molecule has 0 saturated heterocycles. The third-order valence-corrected chi connectivity index (χ3v) is 5.38. The topological polar surface area (TPSA) is 35.5 Å². The van der Waals surface area contributed by atoms with Gasteiger partial charge < -0.3 is 9.47 Å². The van der Waals surface area contributed by atoms with Gasteiger partial charge in [-0.3, -0.25) is 4.79 Å². The molecular formula is C18H24O3. The van der Waals surface area contributed by atoms with Crippen LogP contribution in [0.5, 0.6) is 11.5 Å². The molecule has 0 radical (unpaired) electrons. The molecule has 0 amide bonds. The van der Waals surface area contributed by atoms with E-state index in [1.54, 1.807) is 14.2 Å². The highest BCUT2D eigenvalue weighted by Gasteiger charge is 2.41. The van der Waals surface area contributed by atoms with Crippen molar-refractivity contribution in [2.24, 2.45) is 5.92 Å². The maximum Gasteiger partial charge on any atom is 0.164 e. The molecule has 0 N–H and O–H groups in total. The van der Waals surface area contributed by atoms with Crippen LogP contribution in [0.4, 0.5) is 0 Å². The average Bonchev–Trinajstić information content (AvgIpc) is 2.45. The monoisotopic (exact) mass is 288 g/mol. The molecule has 3 nitrogen and oxygen atoms in total. The predicted octanol–water partition coefficient (Wildman–Crippen LogP) is 4.22. The zero-order valence-corrected chi connectivity index (χ0v) is 13.6. The second kappa shape index (κ2) is 5.04. The van der Waals surface area contributed by atoms with Crippen LogP contribution in [0.25, 0.3) is 0 Å². The molecule has 3 rings (SSSR count). The Kier molecular flexibility index (Phi) is 3.46. The minimum absolute atomic E-state index is 0.266. The first-order chi connectivity index (χ1) is 10.0. The summed E-state index contributed by atoms with van der Waals surface area (Å²) in [5.41, 5.74) is 4.33. The van der Waals surface area contributed by atoms with Crippen molar-refractivity contribution < 1.29 is 14.3 Å². The summed E-state index contributed by atoms with van der Waals surface area (Å²) in [4.78, 5) is 12.6. The van der Waals surface area contributed by atoms with Crippen molar-refractivity contribution in [1.82, 2.24) is 0 Å². The molecule has 1 aromatic carbocycles. The van der Waals surface area contributed by atoms with E-state index >= 15 is 0 Å². The maximum absolute atomic E-state index is 12.6. The molecule has 0 heterocycles. The lowest BCUT2D eigenvalue weighted by Gasteiger charge is -2.40. The largest absolute Gasteiger partial charge is 0.493 e. The molecule has 0 aromatic heterocycles. The third-order valence-electron chi connectivity index (χ3n) is 5.38. The van der Waals surface area contributed by atoms with Crippen LogP contribution in [-0.4, -0.2) is 20.0 Å². The Morgan fingerprint density at radius 2 is 1.67 bits per heavy atom. The van der Waals surface area contributed by atoms with Crippen molar-refractivity contribution in [3.63, 3.8) is 0 Å². The summed E-state index contributed by atoms with van der Waals surface area (Å²) in [6, 6.07) is 0. The summed E-state index contributed by atoms with van der Waals surface area (Å²) in [6.45, 7) is 6.42. The van der Waals surface area contributed by atoms with Gasteiger partial charge in [-0.1, -0.05) is 13.8 Å². The van der Waals surface area contributed by atoms with E-state index in [-0.39, 0.29) is 5.78 Å². The van der Waals surface area contributed by atoms with Gasteiger partial charge in [0, 0.05) is 23.1 Å². The Balaban J connectivity index is 2.40. The molecule has 2 aliphatic rings. The zero-order chi connectivity index (χ0) is 15.3. The van der Waals surface area contributed by atoms with Crippen LogP contribution >= 0.6 is 0 Å². The lowest BCUT2D eigenvalue weighted by atomic mass is 9.64. The molecule has 3 heteroatoms. The second-order valence-corrected chi connectivity index (χ2v) is 6.58. The van der Waals surface area contributed by atoms with Gasteiger partial charge in [-0.15, -0.1) is 0 Å². The Labute approximate surface area is 126 Å². The Bertz CT molecular complexity index is 603. The van der Waals surface area contributed by atoms with Gasteiger partial charge in [0.05, 0.1) is 14.2 Å². The number of ether oxygens (including phenoxy) is 2. The van der Waals surface area contributed by atoms with Crippen molar-refractivity contribution >= 4 is 5.78 Å². The molecule has 0 unspecified atom stereocenters. The van der Waals surface area contributed by atoms with Crippen LogP contribution in [-0.2, 0) is 0 Å². The third kappa shape index (κ3) is 1.90. The molecule has 21 heavy (non-hydrogen) atoms. The first-order valence-electron chi connectivity index (χ1n) is 7.82. The molecule has 0 saturated carbocycles. The number of methoxy groups -OCH3 is 2. The first-order valence-corrected chi connectivity index (χ1v) is 7.82. The number of benzene rings is 1. The minimum Gasteiger partial charge on any atom is -0.493 e. The van der Waals surface area contributed by atoms with Crippen molar-refractivity contribution in [3.8, 4) is 11.5 Å². The molecule has 114 valence electrons. The molecule has 0 spiro atoms. The highest BCUT2D eigenvalue weighted by atomic mass is 16.5. The van der Waals surface area contributed by atoms with Crippen LogP contribution in [0, 0.1) is 12.8 Å². The first kappa shape index (κ1) is 14.4. The summed E-state index contributed by atoms with van der Waals surface area (Å²) in [6.07, 6.45) is 2.98. The molecule has 1 aromatic rings. The number of ketones is 1. The SMILES string of the molecule is COc1c(C)c2c3c(c1OC)[C@@H](C)CC[C@@H]3[C@@H](C)CC2=O. The highest BCUT2D eigenvalue weighted by Crippen LogP contribution is 2.55. The zero-order valence-electron chi connectivity index (χ0n) is 13.6. The smallest absolute Gasteiger partial charge is 0.164 e. The lowest BCUT2D eigenvalue weighted by Crippen LogP contribution is -2.30. The van der Waals surface area contributed by atoms with E-state index in [0.29, 0.717) is 24.2 Å². The number of carbonyl (C=O) groups is 1. The molecule has 0 aliphatic heterocycles.